The number of hydrogen-bond donors (Lipinski definition) is 1. The van der Waals surface area contributed by atoms with Gasteiger partial charge >= 0.3 is 5.97 Å². The number of amides is 1. The minimum Gasteiger partial charge on any atom is -0.493 e. The lowest BCUT2D eigenvalue weighted by molar-refractivity contribution is -0.125. The summed E-state index contributed by atoms with van der Waals surface area (Å²) in [5.41, 5.74) is 7.49. The zero-order valence-corrected chi connectivity index (χ0v) is 17.0. The lowest BCUT2D eigenvalue weighted by atomic mass is 10.1. The van der Waals surface area contributed by atoms with Crippen LogP contribution in [0.25, 0.3) is 11.3 Å². The number of nitrogens with zero attached hydrogens (tertiary/aromatic N) is 2. The number of rotatable bonds is 8. The summed E-state index contributed by atoms with van der Waals surface area (Å²) < 4.78 is 17.5. The lowest BCUT2D eigenvalue weighted by Gasteiger charge is -2.11. The Morgan fingerprint density at radius 1 is 1.07 bits per heavy atom. The number of hydrogen-bond acceptors (Lipinski definition) is 6. The molecule has 0 aliphatic rings. The minimum atomic E-state index is -1.06. The van der Waals surface area contributed by atoms with Crippen molar-refractivity contribution in [3.63, 3.8) is 0 Å². The minimum absolute atomic E-state index is 0.214. The average Bonchev–Trinajstić information content (AvgIpc) is 3.17. The van der Waals surface area contributed by atoms with Gasteiger partial charge in [-0.2, -0.15) is 5.10 Å². The lowest BCUT2D eigenvalue weighted by Crippen LogP contribution is -2.30. The summed E-state index contributed by atoms with van der Waals surface area (Å²) in [6.07, 6.45) is 0.531. The summed E-state index contributed by atoms with van der Waals surface area (Å²) >= 11 is 0. The topological polar surface area (TPSA) is 106 Å². The van der Waals surface area contributed by atoms with Crippen LogP contribution in [0.3, 0.4) is 0 Å². The predicted molar refractivity (Wildman–Crippen MR) is 110 cm³/mol. The van der Waals surface area contributed by atoms with Crippen LogP contribution in [-0.4, -0.2) is 42.0 Å². The van der Waals surface area contributed by atoms with Crippen LogP contribution in [0.2, 0.25) is 0 Å². The maximum atomic E-state index is 12.8. The molecule has 0 aliphatic heterocycles. The zero-order valence-electron chi connectivity index (χ0n) is 17.0. The van der Waals surface area contributed by atoms with Gasteiger partial charge in [0.15, 0.2) is 17.6 Å². The van der Waals surface area contributed by atoms with Crippen LogP contribution in [-0.2, 0) is 16.1 Å². The van der Waals surface area contributed by atoms with Gasteiger partial charge in [-0.3, -0.25) is 9.48 Å². The molecule has 3 aromatic rings. The fourth-order valence-corrected chi connectivity index (χ4v) is 2.90. The van der Waals surface area contributed by atoms with Crippen LogP contribution in [0.5, 0.6) is 11.5 Å². The van der Waals surface area contributed by atoms with Crippen molar-refractivity contribution in [1.29, 1.82) is 0 Å². The molecule has 8 nitrogen and oxygen atoms in total. The van der Waals surface area contributed by atoms with Crippen molar-refractivity contribution in [2.45, 2.75) is 19.6 Å². The number of aromatic nitrogens is 2. The smallest absolute Gasteiger partial charge is 0.342 e. The van der Waals surface area contributed by atoms with Gasteiger partial charge in [0.2, 0.25) is 0 Å². The summed E-state index contributed by atoms with van der Waals surface area (Å²) in [4.78, 5) is 24.1. The fraction of sp³-hybridized carbons (Fsp3) is 0.227. The fourth-order valence-electron chi connectivity index (χ4n) is 2.90. The van der Waals surface area contributed by atoms with Crippen LogP contribution in [0, 0.1) is 0 Å². The highest BCUT2D eigenvalue weighted by molar-refractivity contribution is 5.97. The van der Waals surface area contributed by atoms with Crippen molar-refractivity contribution in [2.75, 3.05) is 14.2 Å². The monoisotopic (exact) mass is 409 g/mol. The highest BCUT2D eigenvalue weighted by atomic mass is 16.5. The van der Waals surface area contributed by atoms with E-state index >= 15 is 0 Å². The molecule has 0 saturated heterocycles. The summed E-state index contributed by atoms with van der Waals surface area (Å²) in [5.74, 6) is -0.369. The molecule has 1 amide bonds. The highest BCUT2D eigenvalue weighted by Gasteiger charge is 2.23. The molecule has 3 rings (SSSR count). The van der Waals surface area contributed by atoms with Crippen molar-refractivity contribution in [3.8, 4) is 22.8 Å². The van der Waals surface area contributed by atoms with Crippen LogP contribution < -0.4 is 15.2 Å². The Kier molecular flexibility index (Phi) is 6.36. The Morgan fingerprint density at radius 3 is 2.40 bits per heavy atom. The summed E-state index contributed by atoms with van der Waals surface area (Å²) in [6, 6.07) is 14.9. The summed E-state index contributed by atoms with van der Waals surface area (Å²) in [6.45, 7) is 1.88. The molecule has 156 valence electrons. The van der Waals surface area contributed by atoms with Crippen LogP contribution >= 0.6 is 0 Å². The molecule has 0 bridgehead atoms. The normalized spacial score (nSPS) is 11.6. The molecule has 30 heavy (non-hydrogen) atoms. The van der Waals surface area contributed by atoms with Crippen molar-refractivity contribution in [2.24, 2.45) is 5.73 Å². The number of esters is 1. The van der Waals surface area contributed by atoms with E-state index in [0.29, 0.717) is 29.3 Å². The largest absolute Gasteiger partial charge is 0.493 e. The molecular weight excluding hydrogens is 386 g/mol. The molecule has 0 spiro atoms. The van der Waals surface area contributed by atoms with Gasteiger partial charge in [-0.15, -0.1) is 0 Å². The molecule has 2 N–H and O–H groups in total. The molecule has 1 atom stereocenters. The van der Waals surface area contributed by atoms with E-state index in [1.165, 1.54) is 14.0 Å². The number of carbonyl (C=O) groups is 2. The van der Waals surface area contributed by atoms with Gasteiger partial charge in [-0.05, 0) is 30.7 Å². The number of primary amides is 1. The van der Waals surface area contributed by atoms with E-state index in [1.807, 2.05) is 30.3 Å². The number of methoxy groups -OCH3 is 2. The molecular formula is C22H23N3O5. The van der Waals surface area contributed by atoms with E-state index in [4.69, 9.17) is 19.9 Å². The van der Waals surface area contributed by atoms with Gasteiger partial charge in [0, 0.05) is 11.8 Å². The second-order valence-corrected chi connectivity index (χ2v) is 6.59. The van der Waals surface area contributed by atoms with E-state index in [1.54, 1.807) is 36.2 Å². The Hall–Kier alpha value is -3.81. The second-order valence-electron chi connectivity index (χ2n) is 6.59. The molecule has 0 aliphatic carbocycles. The standard InChI is InChI=1S/C22H23N3O5/c1-14(21(23)26)30-22(27)17-13-25(12-15-7-5-4-6-8-15)24-20(17)16-9-10-18(28-2)19(11-16)29-3/h4-11,13-14H,12H2,1-3H3,(H2,23,26)/t14-/m0/s1. The maximum absolute atomic E-state index is 12.8. The Labute approximate surface area is 174 Å². The van der Waals surface area contributed by atoms with E-state index in [0.717, 1.165) is 5.56 Å². The average molecular weight is 409 g/mol. The molecule has 2 aromatic carbocycles. The zero-order chi connectivity index (χ0) is 21.7. The summed E-state index contributed by atoms with van der Waals surface area (Å²) in [5, 5.41) is 4.58. The number of nitrogens with two attached hydrogens (primary N) is 1. The quantitative estimate of drug-likeness (QED) is 0.574. The van der Waals surface area contributed by atoms with Crippen LogP contribution in [0.1, 0.15) is 22.8 Å². The number of ether oxygens (including phenoxy) is 3. The second kappa shape index (κ2) is 9.13. The number of carbonyl (C=O) groups excluding carboxylic acids is 2. The van der Waals surface area contributed by atoms with Gasteiger partial charge in [0.1, 0.15) is 11.3 Å². The van der Waals surface area contributed by atoms with Gasteiger partial charge in [0.25, 0.3) is 5.91 Å². The Balaban J connectivity index is 2.03. The van der Waals surface area contributed by atoms with Crippen LogP contribution in [0.15, 0.2) is 54.7 Å². The third-order valence-electron chi connectivity index (χ3n) is 4.51. The Morgan fingerprint density at radius 2 is 1.77 bits per heavy atom. The van der Waals surface area contributed by atoms with Crippen molar-refractivity contribution in [1.82, 2.24) is 9.78 Å². The van der Waals surface area contributed by atoms with E-state index in [9.17, 15) is 9.59 Å². The molecule has 0 unspecified atom stereocenters. The molecule has 0 radical (unpaired) electrons. The van der Waals surface area contributed by atoms with Gasteiger partial charge in [0.05, 0.1) is 20.8 Å². The van der Waals surface area contributed by atoms with E-state index < -0.39 is 18.0 Å². The van der Waals surface area contributed by atoms with Crippen LogP contribution in [0.4, 0.5) is 0 Å². The van der Waals surface area contributed by atoms with E-state index in [2.05, 4.69) is 5.10 Å². The van der Waals surface area contributed by atoms with Crippen molar-refractivity contribution >= 4 is 11.9 Å². The first-order chi connectivity index (χ1) is 14.4. The highest BCUT2D eigenvalue weighted by Crippen LogP contribution is 2.33. The first kappa shape index (κ1) is 20.9. The van der Waals surface area contributed by atoms with Crippen molar-refractivity contribution < 1.29 is 23.8 Å². The molecule has 1 aromatic heterocycles. The molecule has 0 fully saturated rings. The van der Waals surface area contributed by atoms with E-state index in [-0.39, 0.29) is 5.56 Å². The first-order valence-electron chi connectivity index (χ1n) is 9.27. The third kappa shape index (κ3) is 4.60. The number of benzene rings is 2. The SMILES string of the molecule is COc1ccc(-c2nn(Cc3ccccc3)cc2C(=O)O[C@@H](C)C(N)=O)cc1OC. The van der Waals surface area contributed by atoms with Gasteiger partial charge < -0.3 is 19.9 Å². The molecule has 1 heterocycles. The predicted octanol–water partition coefficient (Wildman–Crippen LogP) is 2.65. The maximum Gasteiger partial charge on any atom is 0.342 e. The molecule has 0 saturated carbocycles. The molecule has 8 heteroatoms. The Bertz CT molecular complexity index is 1050. The third-order valence-corrected chi connectivity index (χ3v) is 4.51. The van der Waals surface area contributed by atoms with Gasteiger partial charge in [-0.25, -0.2) is 4.79 Å². The van der Waals surface area contributed by atoms with Crippen molar-refractivity contribution in [3.05, 3.63) is 65.9 Å². The first-order valence-corrected chi connectivity index (χ1v) is 9.27. The van der Waals surface area contributed by atoms with Gasteiger partial charge in [-0.1, -0.05) is 30.3 Å². The summed E-state index contributed by atoms with van der Waals surface area (Å²) in [7, 11) is 3.07.